The Balaban J connectivity index is 2.44. The summed E-state index contributed by atoms with van der Waals surface area (Å²) in [5.74, 6) is -1.19. The molecule has 0 fully saturated rings. The molecule has 1 unspecified atom stereocenters. The van der Waals surface area contributed by atoms with Crippen molar-refractivity contribution < 1.29 is 9.90 Å². The van der Waals surface area contributed by atoms with Crippen LogP contribution in [0.3, 0.4) is 0 Å². The van der Waals surface area contributed by atoms with Crippen LogP contribution in [0.15, 0.2) is 28.7 Å². The van der Waals surface area contributed by atoms with Gasteiger partial charge in [0.2, 0.25) is 0 Å². The van der Waals surface area contributed by atoms with E-state index in [4.69, 9.17) is 5.11 Å². The maximum atomic E-state index is 11.0. The third kappa shape index (κ3) is 2.77. The molecule has 0 amide bonds. The SMILES string of the molecule is Cc1nn(-c2ccccc2Br)c(C)c1CC(C)C(=O)O. The number of carboxylic acids is 1. The molecule has 0 aliphatic carbocycles. The van der Waals surface area contributed by atoms with E-state index in [2.05, 4.69) is 21.0 Å². The van der Waals surface area contributed by atoms with Gasteiger partial charge in [-0.15, -0.1) is 0 Å². The lowest BCUT2D eigenvalue weighted by Gasteiger charge is -2.09. The molecular formula is C15H17BrN2O2. The normalized spacial score (nSPS) is 12.4. The Bertz CT molecular complexity index is 649. The second kappa shape index (κ2) is 5.79. The number of carboxylic acid groups (broad SMARTS) is 1. The fourth-order valence-electron chi connectivity index (χ4n) is 2.22. The Morgan fingerprint density at radius 2 is 2.05 bits per heavy atom. The molecule has 0 bridgehead atoms. The number of aliphatic carboxylic acids is 1. The van der Waals surface area contributed by atoms with Crippen LogP contribution in [0.5, 0.6) is 0 Å². The Morgan fingerprint density at radius 1 is 1.40 bits per heavy atom. The first kappa shape index (κ1) is 14.8. The predicted octanol–water partition coefficient (Wildman–Crippen LogP) is 3.51. The fraction of sp³-hybridized carbons (Fsp3) is 0.333. The molecule has 0 radical (unpaired) electrons. The third-order valence-electron chi connectivity index (χ3n) is 3.45. The molecule has 1 aromatic carbocycles. The Hall–Kier alpha value is -1.62. The number of nitrogens with zero attached hydrogens (tertiary/aromatic N) is 2. The molecule has 0 aliphatic heterocycles. The molecular weight excluding hydrogens is 320 g/mol. The number of rotatable bonds is 4. The molecule has 1 N–H and O–H groups in total. The van der Waals surface area contributed by atoms with E-state index < -0.39 is 11.9 Å². The minimum atomic E-state index is -0.780. The van der Waals surface area contributed by atoms with Crippen LogP contribution in [-0.2, 0) is 11.2 Å². The zero-order chi connectivity index (χ0) is 14.9. The predicted molar refractivity (Wildman–Crippen MR) is 81.2 cm³/mol. The van der Waals surface area contributed by atoms with Crippen LogP contribution in [-0.4, -0.2) is 20.9 Å². The molecule has 5 heteroatoms. The van der Waals surface area contributed by atoms with E-state index in [9.17, 15) is 4.79 Å². The van der Waals surface area contributed by atoms with Gasteiger partial charge < -0.3 is 5.11 Å². The summed E-state index contributed by atoms with van der Waals surface area (Å²) in [6.07, 6.45) is 0.497. The molecule has 1 atom stereocenters. The van der Waals surface area contributed by atoms with E-state index in [1.54, 1.807) is 6.92 Å². The van der Waals surface area contributed by atoms with Crippen LogP contribution in [0.2, 0.25) is 0 Å². The molecule has 2 rings (SSSR count). The lowest BCUT2D eigenvalue weighted by molar-refractivity contribution is -0.141. The van der Waals surface area contributed by atoms with Crippen LogP contribution in [0, 0.1) is 19.8 Å². The molecule has 1 heterocycles. The van der Waals surface area contributed by atoms with Gasteiger partial charge in [0.25, 0.3) is 0 Å². The van der Waals surface area contributed by atoms with Crippen LogP contribution in [0.25, 0.3) is 5.69 Å². The number of aryl methyl sites for hydroxylation is 1. The molecule has 4 nitrogen and oxygen atoms in total. The zero-order valence-corrected chi connectivity index (χ0v) is 13.3. The average Bonchev–Trinajstić information content (AvgIpc) is 2.67. The van der Waals surface area contributed by atoms with Gasteiger partial charge in [0.1, 0.15) is 0 Å². The summed E-state index contributed by atoms with van der Waals surface area (Å²) < 4.78 is 2.83. The Labute approximate surface area is 126 Å². The van der Waals surface area contributed by atoms with E-state index in [1.807, 2.05) is 42.8 Å². The van der Waals surface area contributed by atoms with Gasteiger partial charge in [0.05, 0.1) is 17.3 Å². The van der Waals surface area contributed by atoms with E-state index in [1.165, 1.54) is 0 Å². The smallest absolute Gasteiger partial charge is 0.306 e. The number of hydrogen-bond acceptors (Lipinski definition) is 2. The molecule has 2 aromatic rings. The molecule has 0 aliphatic rings. The van der Waals surface area contributed by atoms with Crippen molar-refractivity contribution in [2.45, 2.75) is 27.2 Å². The number of carbonyl (C=O) groups is 1. The molecule has 20 heavy (non-hydrogen) atoms. The van der Waals surface area contributed by atoms with Crippen LogP contribution >= 0.6 is 15.9 Å². The molecule has 0 spiro atoms. The monoisotopic (exact) mass is 336 g/mol. The van der Waals surface area contributed by atoms with Gasteiger partial charge in [-0.25, -0.2) is 4.68 Å². The van der Waals surface area contributed by atoms with Crippen molar-refractivity contribution in [1.82, 2.24) is 9.78 Å². The maximum Gasteiger partial charge on any atom is 0.306 e. The first-order valence-corrected chi connectivity index (χ1v) is 7.24. The van der Waals surface area contributed by atoms with Crippen molar-refractivity contribution in [3.63, 3.8) is 0 Å². The maximum absolute atomic E-state index is 11.0. The van der Waals surface area contributed by atoms with Gasteiger partial charge >= 0.3 is 5.97 Å². The van der Waals surface area contributed by atoms with Gasteiger partial charge in [-0.3, -0.25) is 4.79 Å². The summed E-state index contributed by atoms with van der Waals surface area (Å²) in [5, 5.41) is 13.6. The summed E-state index contributed by atoms with van der Waals surface area (Å²) in [5.41, 5.74) is 3.84. The summed E-state index contributed by atoms with van der Waals surface area (Å²) >= 11 is 3.52. The first-order chi connectivity index (χ1) is 9.41. The van der Waals surface area contributed by atoms with Crippen LogP contribution in [0.1, 0.15) is 23.9 Å². The average molecular weight is 337 g/mol. The van der Waals surface area contributed by atoms with Crippen molar-refractivity contribution in [3.8, 4) is 5.69 Å². The number of aromatic nitrogens is 2. The highest BCUT2D eigenvalue weighted by Crippen LogP contribution is 2.25. The lowest BCUT2D eigenvalue weighted by Crippen LogP contribution is -2.13. The standard InChI is InChI=1S/C15H17BrN2O2/c1-9(15(19)20)8-12-10(2)17-18(11(12)3)14-7-5-4-6-13(14)16/h4-7,9H,8H2,1-3H3,(H,19,20). The zero-order valence-electron chi connectivity index (χ0n) is 11.7. The second-order valence-electron chi connectivity index (χ2n) is 4.96. The van der Waals surface area contributed by atoms with Gasteiger partial charge in [0.15, 0.2) is 0 Å². The number of hydrogen-bond donors (Lipinski definition) is 1. The van der Waals surface area contributed by atoms with E-state index in [-0.39, 0.29) is 0 Å². The molecule has 0 saturated carbocycles. The van der Waals surface area contributed by atoms with E-state index in [0.29, 0.717) is 6.42 Å². The number of para-hydroxylation sites is 1. The molecule has 0 saturated heterocycles. The Kier molecular flexibility index (Phi) is 4.28. The minimum Gasteiger partial charge on any atom is -0.481 e. The number of benzene rings is 1. The summed E-state index contributed by atoms with van der Waals surface area (Å²) in [6, 6.07) is 7.85. The van der Waals surface area contributed by atoms with Crippen LogP contribution in [0.4, 0.5) is 0 Å². The Morgan fingerprint density at radius 3 is 2.65 bits per heavy atom. The van der Waals surface area contributed by atoms with Crippen molar-refractivity contribution in [1.29, 1.82) is 0 Å². The van der Waals surface area contributed by atoms with Gasteiger partial charge in [-0.1, -0.05) is 19.1 Å². The third-order valence-corrected chi connectivity index (χ3v) is 4.12. The van der Waals surface area contributed by atoms with Crippen molar-refractivity contribution in [3.05, 3.63) is 45.7 Å². The number of halogens is 1. The second-order valence-corrected chi connectivity index (χ2v) is 5.81. The van der Waals surface area contributed by atoms with Crippen molar-refractivity contribution in [2.24, 2.45) is 5.92 Å². The summed E-state index contributed by atoms with van der Waals surface area (Å²) in [7, 11) is 0. The van der Waals surface area contributed by atoms with Crippen molar-refractivity contribution in [2.75, 3.05) is 0 Å². The largest absolute Gasteiger partial charge is 0.481 e. The van der Waals surface area contributed by atoms with E-state index >= 15 is 0 Å². The van der Waals surface area contributed by atoms with Gasteiger partial charge in [0, 0.05) is 10.2 Å². The molecule has 1 aromatic heterocycles. The topological polar surface area (TPSA) is 55.1 Å². The highest BCUT2D eigenvalue weighted by molar-refractivity contribution is 9.10. The quantitative estimate of drug-likeness (QED) is 0.929. The highest BCUT2D eigenvalue weighted by Gasteiger charge is 2.19. The summed E-state index contributed by atoms with van der Waals surface area (Å²) in [4.78, 5) is 11.0. The highest BCUT2D eigenvalue weighted by atomic mass is 79.9. The van der Waals surface area contributed by atoms with Gasteiger partial charge in [-0.05, 0) is 53.9 Å². The van der Waals surface area contributed by atoms with Gasteiger partial charge in [-0.2, -0.15) is 5.10 Å². The fourth-order valence-corrected chi connectivity index (χ4v) is 2.67. The summed E-state index contributed by atoms with van der Waals surface area (Å²) in [6.45, 7) is 5.62. The minimum absolute atomic E-state index is 0.413. The molecule has 106 valence electrons. The van der Waals surface area contributed by atoms with E-state index in [0.717, 1.165) is 27.1 Å². The van der Waals surface area contributed by atoms with Crippen molar-refractivity contribution >= 4 is 21.9 Å². The lowest BCUT2D eigenvalue weighted by atomic mass is 10.00. The first-order valence-electron chi connectivity index (χ1n) is 6.44. The van der Waals surface area contributed by atoms with Crippen LogP contribution < -0.4 is 0 Å².